The lowest BCUT2D eigenvalue weighted by molar-refractivity contribution is 0.122. The van der Waals surface area contributed by atoms with Crippen LogP contribution in [0, 0.1) is 0 Å². The quantitative estimate of drug-likeness (QED) is 0.282. The molecule has 0 radical (unpaired) electrons. The Bertz CT molecular complexity index is 1540. The van der Waals surface area contributed by atoms with Crippen molar-refractivity contribution in [3.05, 3.63) is 83.4 Å². The molecule has 0 unspecified atom stereocenters. The van der Waals surface area contributed by atoms with E-state index in [1.807, 2.05) is 48.5 Å². The van der Waals surface area contributed by atoms with Crippen LogP contribution in [0.4, 0.5) is 16.3 Å². The smallest absolute Gasteiger partial charge is 0.409 e. The highest BCUT2D eigenvalue weighted by atomic mass is 16.5. The summed E-state index contributed by atoms with van der Waals surface area (Å²) in [6, 6.07) is 20.7. The molecule has 0 spiro atoms. The van der Waals surface area contributed by atoms with Gasteiger partial charge in [-0.05, 0) is 42.0 Å². The van der Waals surface area contributed by atoms with Crippen LogP contribution < -0.4 is 24.4 Å². The molecule has 3 heterocycles. The molecule has 1 fully saturated rings. The SMILES string of the molecule is COc1ccc(COc2cc(N3CCOCC3)nc(-c3cccc4c3Oc3ccc(NC(=O)O)cc3C4)n2)cc1. The van der Waals surface area contributed by atoms with Gasteiger partial charge < -0.3 is 29.0 Å². The van der Waals surface area contributed by atoms with E-state index in [9.17, 15) is 4.79 Å². The number of carbonyl (C=O) groups is 1. The summed E-state index contributed by atoms with van der Waals surface area (Å²) in [5.74, 6) is 3.84. The summed E-state index contributed by atoms with van der Waals surface area (Å²) in [6.45, 7) is 3.03. The van der Waals surface area contributed by atoms with E-state index in [0.29, 0.717) is 55.1 Å². The average Bonchev–Trinajstić information content (AvgIpc) is 2.99. The monoisotopic (exact) mass is 540 g/mol. The third-order valence-electron chi connectivity index (χ3n) is 6.81. The molecule has 0 bridgehead atoms. The zero-order valence-electron chi connectivity index (χ0n) is 21.9. The Morgan fingerprint density at radius 1 is 1.02 bits per heavy atom. The number of hydrogen-bond acceptors (Lipinski definition) is 8. The molecule has 6 rings (SSSR count). The number of aromatic nitrogens is 2. The molecule has 0 saturated carbocycles. The van der Waals surface area contributed by atoms with E-state index in [1.165, 1.54) is 0 Å². The second-order valence-corrected chi connectivity index (χ2v) is 9.45. The largest absolute Gasteiger partial charge is 0.497 e. The van der Waals surface area contributed by atoms with Crippen LogP contribution in [0.25, 0.3) is 11.4 Å². The third kappa shape index (κ3) is 5.48. The van der Waals surface area contributed by atoms with Crippen molar-refractivity contribution in [2.24, 2.45) is 0 Å². The minimum absolute atomic E-state index is 0.340. The van der Waals surface area contributed by atoms with Gasteiger partial charge in [-0.3, -0.25) is 5.32 Å². The zero-order valence-corrected chi connectivity index (χ0v) is 21.9. The number of hydrogen-bond donors (Lipinski definition) is 2. The Hall–Kier alpha value is -4.83. The van der Waals surface area contributed by atoms with Crippen LogP contribution in [0.5, 0.6) is 23.1 Å². The maximum atomic E-state index is 11.1. The fraction of sp³-hybridized carbons (Fsp3) is 0.233. The number of carboxylic acid groups (broad SMARTS) is 1. The molecular formula is C30H28N4O6. The number of fused-ring (bicyclic) bond motifs is 2. The van der Waals surface area contributed by atoms with E-state index in [-0.39, 0.29) is 0 Å². The summed E-state index contributed by atoms with van der Waals surface area (Å²) in [5.41, 5.74) is 4.08. The first-order valence-corrected chi connectivity index (χ1v) is 13.0. The highest BCUT2D eigenvalue weighted by Gasteiger charge is 2.24. The average molecular weight is 541 g/mol. The number of para-hydroxylation sites is 1. The topological polar surface area (TPSA) is 115 Å². The van der Waals surface area contributed by atoms with Gasteiger partial charge in [-0.15, -0.1) is 0 Å². The van der Waals surface area contributed by atoms with E-state index >= 15 is 0 Å². The van der Waals surface area contributed by atoms with Crippen molar-refractivity contribution in [1.29, 1.82) is 0 Å². The van der Waals surface area contributed by atoms with Gasteiger partial charge in [-0.2, -0.15) is 4.98 Å². The van der Waals surface area contributed by atoms with Crippen molar-refractivity contribution in [3.8, 4) is 34.5 Å². The van der Waals surface area contributed by atoms with Gasteiger partial charge in [0.2, 0.25) is 5.88 Å². The number of ether oxygens (including phenoxy) is 4. The third-order valence-corrected chi connectivity index (χ3v) is 6.81. The van der Waals surface area contributed by atoms with E-state index < -0.39 is 6.09 Å². The lowest BCUT2D eigenvalue weighted by Crippen LogP contribution is -2.36. The predicted molar refractivity (Wildman–Crippen MR) is 149 cm³/mol. The summed E-state index contributed by atoms with van der Waals surface area (Å²) >= 11 is 0. The first-order valence-electron chi connectivity index (χ1n) is 13.0. The van der Waals surface area contributed by atoms with Crippen molar-refractivity contribution in [3.63, 3.8) is 0 Å². The number of nitrogens with one attached hydrogen (secondary N) is 1. The standard InChI is InChI=1S/C30H28N4O6/c1-37-23-8-5-19(6-9-23)18-39-27-17-26(34-11-13-38-14-12-34)32-29(33-27)24-4-2-3-20-15-21-16-22(31-30(35)36)7-10-25(21)40-28(20)24/h2-10,16-17,31H,11-15,18H2,1H3,(H,35,36). The normalized spacial score (nSPS) is 14.0. The van der Waals surface area contributed by atoms with Crippen LogP contribution in [0.3, 0.4) is 0 Å². The second kappa shape index (κ2) is 11.1. The maximum Gasteiger partial charge on any atom is 0.409 e. The molecule has 2 aliphatic rings. The molecule has 1 saturated heterocycles. The summed E-state index contributed by atoms with van der Waals surface area (Å²) in [5, 5.41) is 11.5. The number of nitrogens with zero attached hydrogens (tertiary/aromatic N) is 3. The number of methoxy groups -OCH3 is 1. The molecular weight excluding hydrogens is 512 g/mol. The fourth-order valence-electron chi connectivity index (χ4n) is 4.79. The lowest BCUT2D eigenvalue weighted by atomic mass is 9.97. The maximum absolute atomic E-state index is 11.1. The van der Waals surface area contributed by atoms with Gasteiger partial charge in [0.15, 0.2) is 5.82 Å². The van der Waals surface area contributed by atoms with Crippen LogP contribution in [0.1, 0.15) is 16.7 Å². The van der Waals surface area contributed by atoms with Crippen molar-refractivity contribution in [2.45, 2.75) is 13.0 Å². The summed E-state index contributed by atoms with van der Waals surface area (Å²) < 4.78 is 23.3. The molecule has 4 aromatic rings. The molecule has 2 aliphatic heterocycles. The van der Waals surface area contributed by atoms with Crippen molar-refractivity contribution in [1.82, 2.24) is 9.97 Å². The Morgan fingerprint density at radius 2 is 1.85 bits per heavy atom. The Labute approximate surface area is 231 Å². The first kappa shape index (κ1) is 25.4. The number of morpholine rings is 1. The molecule has 204 valence electrons. The molecule has 1 aromatic heterocycles. The van der Waals surface area contributed by atoms with Crippen LogP contribution in [0.15, 0.2) is 66.7 Å². The highest BCUT2D eigenvalue weighted by Crippen LogP contribution is 2.43. The van der Waals surface area contributed by atoms with E-state index in [1.54, 1.807) is 25.3 Å². The van der Waals surface area contributed by atoms with Crippen LogP contribution in [-0.4, -0.2) is 54.6 Å². The van der Waals surface area contributed by atoms with Gasteiger partial charge >= 0.3 is 6.09 Å². The van der Waals surface area contributed by atoms with Gasteiger partial charge in [-0.25, -0.2) is 9.78 Å². The fourth-order valence-corrected chi connectivity index (χ4v) is 4.79. The van der Waals surface area contributed by atoms with E-state index in [4.69, 9.17) is 34.0 Å². The predicted octanol–water partition coefficient (Wildman–Crippen LogP) is 5.35. The summed E-state index contributed by atoms with van der Waals surface area (Å²) in [7, 11) is 1.64. The zero-order chi connectivity index (χ0) is 27.5. The van der Waals surface area contributed by atoms with E-state index in [0.717, 1.165) is 46.9 Å². The van der Waals surface area contributed by atoms with Crippen LogP contribution in [-0.2, 0) is 17.8 Å². The number of benzene rings is 3. The Balaban J connectivity index is 1.33. The minimum Gasteiger partial charge on any atom is -0.497 e. The highest BCUT2D eigenvalue weighted by molar-refractivity contribution is 5.83. The number of anilines is 2. The molecule has 1 amide bonds. The van der Waals surface area contributed by atoms with Crippen molar-refractivity contribution < 1.29 is 28.8 Å². The van der Waals surface area contributed by atoms with Crippen molar-refractivity contribution in [2.75, 3.05) is 43.6 Å². The van der Waals surface area contributed by atoms with Gasteiger partial charge in [0.25, 0.3) is 0 Å². The molecule has 3 aromatic carbocycles. The van der Waals surface area contributed by atoms with Gasteiger partial charge in [-0.1, -0.05) is 24.3 Å². The lowest BCUT2D eigenvalue weighted by Gasteiger charge is -2.28. The van der Waals surface area contributed by atoms with Gasteiger partial charge in [0.1, 0.15) is 29.7 Å². The molecule has 2 N–H and O–H groups in total. The number of amides is 1. The first-order chi connectivity index (χ1) is 19.6. The Morgan fingerprint density at radius 3 is 2.62 bits per heavy atom. The second-order valence-electron chi connectivity index (χ2n) is 9.45. The van der Waals surface area contributed by atoms with E-state index in [2.05, 4.69) is 10.2 Å². The van der Waals surface area contributed by atoms with Gasteiger partial charge in [0, 0.05) is 42.4 Å². The molecule has 0 aliphatic carbocycles. The number of rotatable bonds is 7. The molecule has 0 atom stereocenters. The van der Waals surface area contributed by atoms with Crippen LogP contribution >= 0.6 is 0 Å². The minimum atomic E-state index is -1.11. The summed E-state index contributed by atoms with van der Waals surface area (Å²) in [4.78, 5) is 23.0. The van der Waals surface area contributed by atoms with Gasteiger partial charge in [0.05, 0.1) is 25.9 Å². The van der Waals surface area contributed by atoms with Crippen molar-refractivity contribution >= 4 is 17.6 Å². The Kier molecular flexibility index (Phi) is 7.07. The molecule has 40 heavy (non-hydrogen) atoms. The molecule has 10 heteroatoms. The van der Waals surface area contributed by atoms with Crippen LogP contribution in [0.2, 0.25) is 0 Å². The molecule has 10 nitrogen and oxygen atoms in total. The summed E-state index contributed by atoms with van der Waals surface area (Å²) in [6.07, 6.45) is -0.529.